The molecule has 5 heteroatoms. The Morgan fingerprint density at radius 1 is 1.00 bits per heavy atom. The fourth-order valence-electron chi connectivity index (χ4n) is 2.75. The van der Waals surface area contributed by atoms with E-state index in [-0.39, 0.29) is 18.0 Å². The number of amides is 1. The molecule has 0 aliphatic carbocycles. The van der Waals surface area contributed by atoms with Gasteiger partial charge in [-0.2, -0.15) is 5.10 Å². The highest BCUT2D eigenvalue weighted by atomic mass is 16.2. The Kier molecular flexibility index (Phi) is 5.59. The van der Waals surface area contributed by atoms with E-state index < -0.39 is 0 Å². The van der Waals surface area contributed by atoms with Crippen LogP contribution in [0.1, 0.15) is 11.1 Å². The van der Waals surface area contributed by atoms with E-state index in [0.29, 0.717) is 12.2 Å². The summed E-state index contributed by atoms with van der Waals surface area (Å²) in [6.45, 7) is 2.42. The van der Waals surface area contributed by atoms with E-state index in [1.165, 1.54) is 10.7 Å². The molecule has 0 unspecified atom stereocenters. The van der Waals surface area contributed by atoms with Gasteiger partial charge in [0.25, 0.3) is 5.56 Å². The van der Waals surface area contributed by atoms with Crippen molar-refractivity contribution in [1.29, 1.82) is 0 Å². The van der Waals surface area contributed by atoms with Crippen molar-refractivity contribution >= 4 is 5.91 Å². The SMILES string of the molecule is Cc1ccccc1-c1ccc(=O)n(CC(=O)NCCc2ccccc2)n1. The lowest BCUT2D eigenvalue weighted by Crippen LogP contribution is -2.34. The van der Waals surface area contributed by atoms with Crippen LogP contribution in [0.3, 0.4) is 0 Å². The van der Waals surface area contributed by atoms with Gasteiger partial charge in [-0.25, -0.2) is 4.68 Å². The monoisotopic (exact) mass is 347 g/mol. The second kappa shape index (κ2) is 8.25. The zero-order valence-corrected chi connectivity index (χ0v) is 14.7. The van der Waals surface area contributed by atoms with Crippen molar-refractivity contribution in [3.05, 3.63) is 88.2 Å². The van der Waals surface area contributed by atoms with Gasteiger partial charge in [0.2, 0.25) is 5.91 Å². The summed E-state index contributed by atoms with van der Waals surface area (Å²) in [4.78, 5) is 24.2. The minimum absolute atomic E-state index is 0.0899. The molecule has 0 radical (unpaired) electrons. The van der Waals surface area contributed by atoms with Crippen LogP contribution < -0.4 is 10.9 Å². The number of nitrogens with zero attached hydrogens (tertiary/aromatic N) is 2. The van der Waals surface area contributed by atoms with Gasteiger partial charge in [0, 0.05) is 18.2 Å². The molecule has 0 fully saturated rings. The maximum absolute atomic E-state index is 12.2. The van der Waals surface area contributed by atoms with Crippen molar-refractivity contribution in [2.24, 2.45) is 0 Å². The fraction of sp³-hybridized carbons (Fsp3) is 0.190. The highest BCUT2D eigenvalue weighted by Crippen LogP contribution is 2.19. The summed E-state index contributed by atoms with van der Waals surface area (Å²) in [5.74, 6) is -0.225. The molecular formula is C21H21N3O2. The standard InChI is InChI=1S/C21H21N3O2/c1-16-7-5-6-10-18(16)19-11-12-21(26)24(23-19)15-20(25)22-14-13-17-8-3-2-4-9-17/h2-12H,13-15H2,1H3,(H,22,25). The fourth-order valence-corrected chi connectivity index (χ4v) is 2.75. The van der Waals surface area contributed by atoms with Gasteiger partial charge in [0.1, 0.15) is 6.54 Å². The molecule has 0 saturated carbocycles. The molecule has 1 amide bonds. The average Bonchev–Trinajstić information content (AvgIpc) is 2.65. The average molecular weight is 347 g/mol. The minimum atomic E-state index is -0.291. The van der Waals surface area contributed by atoms with Crippen LogP contribution in [-0.2, 0) is 17.8 Å². The smallest absolute Gasteiger partial charge is 0.267 e. The topological polar surface area (TPSA) is 64.0 Å². The lowest BCUT2D eigenvalue weighted by Gasteiger charge is -2.09. The number of hydrogen-bond donors (Lipinski definition) is 1. The molecule has 0 spiro atoms. The number of nitrogens with one attached hydrogen (secondary N) is 1. The first-order chi connectivity index (χ1) is 12.6. The van der Waals surface area contributed by atoms with Crippen LogP contribution >= 0.6 is 0 Å². The second-order valence-electron chi connectivity index (χ2n) is 6.11. The van der Waals surface area contributed by atoms with Crippen LogP contribution in [0.25, 0.3) is 11.3 Å². The first-order valence-corrected chi connectivity index (χ1v) is 8.58. The number of aromatic nitrogens is 2. The number of aryl methyl sites for hydroxylation is 1. The number of carbonyl (C=O) groups is 1. The van der Waals surface area contributed by atoms with Gasteiger partial charge in [0.15, 0.2) is 0 Å². The molecule has 0 atom stereocenters. The van der Waals surface area contributed by atoms with Gasteiger partial charge in [-0.3, -0.25) is 9.59 Å². The van der Waals surface area contributed by atoms with E-state index in [1.807, 2.05) is 61.5 Å². The van der Waals surface area contributed by atoms with Crippen molar-refractivity contribution in [1.82, 2.24) is 15.1 Å². The zero-order valence-electron chi connectivity index (χ0n) is 14.7. The normalized spacial score (nSPS) is 10.5. The van der Waals surface area contributed by atoms with Crippen LogP contribution in [0, 0.1) is 6.92 Å². The molecule has 0 aliphatic heterocycles. The Bertz CT molecular complexity index is 949. The predicted molar refractivity (Wildman–Crippen MR) is 102 cm³/mol. The molecular weight excluding hydrogens is 326 g/mol. The Labute approximate surface area is 152 Å². The Hall–Kier alpha value is -3.21. The van der Waals surface area contributed by atoms with E-state index in [1.54, 1.807) is 6.07 Å². The van der Waals surface area contributed by atoms with Gasteiger partial charge in [0.05, 0.1) is 5.69 Å². The summed E-state index contributed by atoms with van der Waals surface area (Å²) >= 11 is 0. The van der Waals surface area contributed by atoms with Crippen molar-refractivity contribution in [3.63, 3.8) is 0 Å². The Morgan fingerprint density at radius 3 is 2.50 bits per heavy atom. The highest BCUT2D eigenvalue weighted by Gasteiger charge is 2.09. The molecule has 3 aromatic rings. The maximum Gasteiger partial charge on any atom is 0.267 e. The molecule has 132 valence electrons. The minimum Gasteiger partial charge on any atom is -0.354 e. The van der Waals surface area contributed by atoms with Gasteiger partial charge in [-0.1, -0.05) is 54.6 Å². The summed E-state index contributed by atoms with van der Waals surface area (Å²) in [7, 11) is 0. The first kappa shape index (κ1) is 17.6. The van der Waals surface area contributed by atoms with Crippen LogP contribution in [0.4, 0.5) is 0 Å². The summed E-state index contributed by atoms with van der Waals surface area (Å²) in [6, 6.07) is 20.9. The Balaban J connectivity index is 1.65. The van der Waals surface area contributed by atoms with Crippen LogP contribution in [0.2, 0.25) is 0 Å². The predicted octanol–water partition coefficient (Wildman–Crippen LogP) is 2.58. The van der Waals surface area contributed by atoms with E-state index in [2.05, 4.69) is 10.4 Å². The first-order valence-electron chi connectivity index (χ1n) is 8.58. The zero-order chi connectivity index (χ0) is 18.4. The summed E-state index contributed by atoms with van der Waals surface area (Å²) < 4.78 is 1.21. The number of hydrogen-bond acceptors (Lipinski definition) is 3. The van der Waals surface area contributed by atoms with Gasteiger partial charge in [-0.05, 0) is 30.5 Å². The number of benzene rings is 2. The van der Waals surface area contributed by atoms with Gasteiger partial charge < -0.3 is 5.32 Å². The maximum atomic E-state index is 12.2. The molecule has 26 heavy (non-hydrogen) atoms. The largest absolute Gasteiger partial charge is 0.354 e. The number of carbonyl (C=O) groups excluding carboxylic acids is 1. The third kappa shape index (κ3) is 4.45. The highest BCUT2D eigenvalue weighted by molar-refractivity contribution is 5.75. The van der Waals surface area contributed by atoms with Crippen molar-refractivity contribution < 1.29 is 4.79 Å². The van der Waals surface area contributed by atoms with E-state index in [9.17, 15) is 9.59 Å². The molecule has 1 heterocycles. The second-order valence-corrected chi connectivity index (χ2v) is 6.11. The molecule has 0 bridgehead atoms. The summed E-state index contributed by atoms with van der Waals surface area (Å²) in [6.07, 6.45) is 0.748. The van der Waals surface area contributed by atoms with Crippen molar-refractivity contribution in [2.45, 2.75) is 19.9 Å². The van der Waals surface area contributed by atoms with E-state index >= 15 is 0 Å². The molecule has 1 aromatic heterocycles. The van der Waals surface area contributed by atoms with Crippen molar-refractivity contribution in [3.8, 4) is 11.3 Å². The third-order valence-electron chi connectivity index (χ3n) is 4.16. The summed E-state index contributed by atoms with van der Waals surface area (Å²) in [5.41, 5.74) is 3.56. The van der Waals surface area contributed by atoms with Crippen molar-refractivity contribution in [2.75, 3.05) is 6.54 Å². The van der Waals surface area contributed by atoms with E-state index in [4.69, 9.17) is 0 Å². The molecule has 3 rings (SSSR count). The van der Waals surface area contributed by atoms with Crippen LogP contribution in [-0.4, -0.2) is 22.2 Å². The lowest BCUT2D eigenvalue weighted by molar-refractivity contribution is -0.121. The van der Waals surface area contributed by atoms with Gasteiger partial charge in [-0.15, -0.1) is 0 Å². The molecule has 0 aliphatic rings. The van der Waals surface area contributed by atoms with Crippen LogP contribution in [0.5, 0.6) is 0 Å². The molecule has 2 aromatic carbocycles. The third-order valence-corrected chi connectivity index (χ3v) is 4.16. The van der Waals surface area contributed by atoms with Gasteiger partial charge >= 0.3 is 0 Å². The van der Waals surface area contributed by atoms with E-state index in [0.717, 1.165) is 23.1 Å². The summed E-state index contributed by atoms with van der Waals surface area (Å²) in [5, 5.41) is 7.19. The molecule has 1 N–H and O–H groups in total. The quantitative estimate of drug-likeness (QED) is 0.745. The molecule has 5 nitrogen and oxygen atoms in total. The van der Waals surface area contributed by atoms with Crippen LogP contribution in [0.15, 0.2) is 71.5 Å². The number of rotatable bonds is 6. The lowest BCUT2D eigenvalue weighted by atomic mass is 10.1. The Morgan fingerprint density at radius 2 is 1.73 bits per heavy atom. The molecule has 0 saturated heterocycles.